The second-order valence-electron chi connectivity index (χ2n) is 4.34. The molecule has 108 valence electrons. The van der Waals surface area contributed by atoms with Gasteiger partial charge in [-0.1, -0.05) is 41.9 Å². The maximum atomic E-state index is 12.3. The van der Waals surface area contributed by atoms with E-state index in [1.54, 1.807) is 36.4 Å². The summed E-state index contributed by atoms with van der Waals surface area (Å²) in [6.45, 7) is 0. The van der Waals surface area contributed by atoms with Gasteiger partial charge in [0, 0.05) is 9.50 Å². The Labute approximate surface area is 135 Å². The van der Waals surface area contributed by atoms with Crippen molar-refractivity contribution >= 4 is 39.3 Å². The van der Waals surface area contributed by atoms with Gasteiger partial charge in [0.2, 0.25) is 5.91 Å². The Morgan fingerprint density at radius 1 is 1.14 bits per heavy atom. The van der Waals surface area contributed by atoms with Crippen molar-refractivity contribution in [2.24, 2.45) is 5.73 Å². The molecule has 0 spiro atoms. The van der Waals surface area contributed by atoms with Gasteiger partial charge in [-0.25, -0.2) is 0 Å². The van der Waals surface area contributed by atoms with E-state index < -0.39 is 17.9 Å². The van der Waals surface area contributed by atoms with E-state index in [0.29, 0.717) is 20.6 Å². The van der Waals surface area contributed by atoms with Crippen LogP contribution < -0.4 is 11.1 Å². The molecule has 0 saturated heterocycles. The highest BCUT2D eigenvalue weighted by Gasteiger charge is 2.21. The van der Waals surface area contributed by atoms with Gasteiger partial charge in [0.25, 0.3) is 5.91 Å². The van der Waals surface area contributed by atoms with Crippen molar-refractivity contribution in [3.05, 3.63) is 69.2 Å². The first-order valence-corrected chi connectivity index (χ1v) is 7.26. The number of carbonyl (C=O) groups is 2. The van der Waals surface area contributed by atoms with E-state index in [4.69, 9.17) is 17.3 Å². The fourth-order valence-electron chi connectivity index (χ4n) is 1.84. The summed E-state index contributed by atoms with van der Waals surface area (Å²) >= 11 is 9.16. The van der Waals surface area contributed by atoms with Crippen LogP contribution in [0.4, 0.5) is 0 Å². The van der Waals surface area contributed by atoms with Gasteiger partial charge in [0.15, 0.2) is 0 Å². The minimum atomic E-state index is -0.899. The van der Waals surface area contributed by atoms with Crippen molar-refractivity contribution in [2.45, 2.75) is 6.04 Å². The molecule has 0 radical (unpaired) electrons. The van der Waals surface area contributed by atoms with Crippen LogP contribution >= 0.6 is 27.5 Å². The number of hydrogen-bond donors (Lipinski definition) is 2. The lowest BCUT2D eigenvalue weighted by Gasteiger charge is -2.16. The molecule has 0 saturated carbocycles. The first-order chi connectivity index (χ1) is 9.99. The number of benzene rings is 2. The molecule has 0 fully saturated rings. The highest BCUT2D eigenvalue weighted by molar-refractivity contribution is 9.10. The molecule has 1 atom stereocenters. The summed E-state index contributed by atoms with van der Waals surface area (Å²) in [5.41, 5.74) is 6.33. The predicted molar refractivity (Wildman–Crippen MR) is 85.0 cm³/mol. The highest BCUT2D eigenvalue weighted by Crippen LogP contribution is 2.22. The van der Waals surface area contributed by atoms with Crippen LogP contribution in [0.2, 0.25) is 5.02 Å². The molecule has 0 aliphatic rings. The lowest BCUT2D eigenvalue weighted by Crippen LogP contribution is -2.37. The third kappa shape index (κ3) is 3.83. The quantitative estimate of drug-likeness (QED) is 0.872. The molecule has 6 heteroatoms. The maximum absolute atomic E-state index is 12.3. The summed E-state index contributed by atoms with van der Waals surface area (Å²) in [6.07, 6.45) is 0. The Kier molecular flexibility index (Phi) is 4.98. The fraction of sp³-hybridized carbons (Fsp3) is 0.0667. The molecule has 3 N–H and O–H groups in total. The Balaban J connectivity index is 2.27. The van der Waals surface area contributed by atoms with Crippen LogP contribution in [0.25, 0.3) is 0 Å². The van der Waals surface area contributed by atoms with Crippen LogP contribution in [0.15, 0.2) is 53.0 Å². The average molecular weight is 368 g/mol. The number of nitrogens with two attached hydrogens (primary N) is 1. The van der Waals surface area contributed by atoms with Crippen LogP contribution in [-0.4, -0.2) is 11.8 Å². The largest absolute Gasteiger partial charge is 0.368 e. The molecule has 4 nitrogen and oxygen atoms in total. The summed E-state index contributed by atoms with van der Waals surface area (Å²) in [6, 6.07) is 12.8. The molecule has 2 aromatic carbocycles. The van der Waals surface area contributed by atoms with Crippen LogP contribution in [0, 0.1) is 0 Å². The van der Waals surface area contributed by atoms with Crippen LogP contribution in [0.3, 0.4) is 0 Å². The van der Waals surface area contributed by atoms with E-state index in [9.17, 15) is 9.59 Å². The molecule has 0 aromatic heterocycles. The van der Waals surface area contributed by atoms with Gasteiger partial charge < -0.3 is 11.1 Å². The summed E-state index contributed by atoms with van der Waals surface area (Å²) in [5.74, 6) is -1.07. The van der Waals surface area contributed by atoms with Crippen LogP contribution in [-0.2, 0) is 4.79 Å². The van der Waals surface area contributed by atoms with E-state index in [1.807, 2.05) is 6.07 Å². The third-order valence-corrected chi connectivity index (χ3v) is 3.79. The number of halogens is 2. The van der Waals surface area contributed by atoms with Gasteiger partial charge in [-0.3, -0.25) is 9.59 Å². The number of carbonyl (C=O) groups excluding carboxylic acids is 2. The zero-order valence-electron chi connectivity index (χ0n) is 10.8. The lowest BCUT2D eigenvalue weighted by molar-refractivity contribution is -0.120. The Hall–Kier alpha value is -1.85. The molecular weight excluding hydrogens is 356 g/mol. The lowest BCUT2D eigenvalue weighted by atomic mass is 10.1. The molecule has 0 bridgehead atoms. The van der Waals surface area contributed by atoms with Crippen molar-refractivity contribution in [3.8, 4) is 0 Å². The van der Waals surface area contributed by atoms with Crippen LogP contribution in [0.1, 0.15) is 22.0 Å². The molecule has 0 aliphatic heterocycles. The van der Waals surface area contributed by atoms with E-state index in [1.165, 1.54) is 6.07 Å². The van der Waals surface area contributed by atoms with Crippen LogP contribution in [0.5, 0.6) is 0 Å². The average Bonchev–Trinajstić information content (AvgIpc) is 2.47. The Morgan fingerprint density at radius 3 is 2.43 bits per heavy atom. The third-order valence-electron chi connectivity index (χ3n) is 2.87. The predicted octanol–water partition coefficient (Wildman–Crippen LogP) is 3.06. The van der Waals surface area contributed by atoms with Gasteiger partial charge in [-0.15, -0.1) is 0 Å². The Bertz CT molecular complexity index is 677. The van der Waals surface area contributed by atoms with E-state index in [2.05, 4.69) is 21.2 Å². The standard InChI is InChI=1S/C15H12BrClN2O2/c16-12-7-6-10(17)8-11(12)15(21)19-13(14(18)20)9-4-2-1-3-5-9/h1-8,13H,(H2,18,20)(H,19,21). The molecule has 1 unspecified atom stereocenters. The maximum Gasteiger partial charge on any atom is 0.253 e. The van der Waals surface area contributed by atoms with Gasteiger partial charge in [0.05, 0.1) is 5.56 Å². The van der Waals surface area contributed by atoms with Gasteiger partial charge in [-0.05, 0) is 39.7 Å². The monoisotopic (exact) mass is 366 g/mol. The van der Waals surface area contributed by atoms with E-state index in [0.717, 1.165) is 0 Å². The molecule has 2 rings (SSSR count). The van der Waals surface area contributed by atoms with E-state index >= 15 is 0 Å². The van der Waals surface area contributed by atoms with Gasteiger partial charge in [-0.2, -0.15) is 0 Å². The van der Waals surface area contributed by atoms with Crippen molar-refractivity contribution < 1.29 is 9.59 Å². The summed E-state index contributed by atoms with van der Waals surface area (Å²) in [5, 5.41) is 3.04. The molecular formula is C15H12BrClN2O2. The number of rotatable bonds is 4. The van der Waals surface area contributed by atoms with Crippen molar-refractivity contribution in [2.75, 3.05) is 0 Å². The highest BCUT2D eigenvalue weighted by atomic mass is 79.9. The fourth-order valence-corrected chi connectivity index (χ4v) is 2.44. The summed E-state index contributed by atoms with van der Waals surface area (Å²) in [7, 11) is 0. The second-order valence-corrected chi connectivity index (χ2v) is 5.63. The summed E-state index contributed by atoms with van der Waals surface area (Å²) < 4.78 is 0.584. The molecule has 0 aliphatic carbocycles. The first-order valence-electron chi connectivity index (χ1n) is 6.09. The SMILES string of the molecule is NC(=O)C(NC(=O)c1cc(Cl)ccc1Br)c1ccccc1. The van der Waals surface area contributed by atoms with Gasteiger partial charge >= 0.3 is 0 Å². The topological polar surface area (TPSA) is 72.2 Å². The Morgan fingerprint density at radius 2 is 1.81 bits per heavy atom. The minimum absolute atomic E-state index is 0.338. The zero-order chi connectivity index (χ0) is 15.4. The molecule has 0 heterocycles. The molecule has 2 amide bonds. The van der Waals surface area contributed by atoms with Crippen molar-refractivity contribution in [1.82, 2.24) is 5.32 Å². The number of primary amides is 1. The second kappa shape index (κ2) is 6.74. The number of nitrogens with one attached hydrogen (secondary N) is 1. The smallest absolute Gasteiger partial charge is 0.253 e. The molecule has 2 aromatic rings. The minimum Gasteiger partial charge on any atom is -0.368 e. The first kappa shape index (κ1) is 15.5. The number of amides is 2. The van der Waals surface area contributed by atoms with E-state index in [-0.39, 0.29) is 0 Å². The number of hydrogen-bond acceptors (Lipinski definition) is 2. The summed E-state index contributed by atoms with van der Waals surface area (Å²) in [4.78, 5) is 23.9. The zero-order valence-corrected chi connectivity index (χ0v) is 13.2. The van der Waals surface area contributed by atoms with Crippen molar-refractivity contribution in [1.29, 1.82) is 0 Å². The normalized spacial score (nSPS) is 11.7. The van der Waals surface area contributed by atoms with Gasteiger partial charge in [0.1, 0.15) is 6.04 Å². The molecule has 21 heavy (non-hydrogen) atoms. The van der Waals surface area contributed by atoms with Crippen molar-refractivity contribution in [3.63, 3.8) is 0 Å².